The van der Waals surface area contributed by atoms with E-state index in [2.05, 4.69) is 87.1 Å². The molecular weight excluding hydrogens is 480 g/mol. The van der Waals surface area contributed by atoms with Crippen molar-refractivity contribution in [2.75, 3.05) is 7.05 Å². The van der Waals surface area contributed by atoms with Crippen molar-refractivity contribution in [3.63, 3.8) is 0 Å². The highest BCUT2D eigenvalue weighted by molar-refractivity contribution is 6.04. The average Bonchev–Trinajstić information content (AvgIpc) is 3.36. The van der Waals surface area contributed by atoms with Crippen molar-refractivity contribution in [3.05, 3.63) is 144 Å². The number of aromatic amines is 2. The van der Waals surface area contributed by atoms with Gasteiger partial charge in [0.05, 0.1) is 11.3 Å². The molecule has 2 N–H and O–H groups in total. The molecule has 0 saturated heterocycles. The molecule has 0 spiro atoms. The summed E-state index contributed by atoms with van der Waals surface area (Å²) in [5.74, 6) is 0. The lowest BCUT2D eigenvalue weighted by Gasteiger charge is -2.22. The SMILES string of the molecule is C=C(c1ccc2[nH]c(-c3ccc[nH]c3=O)c(-c3ccc(-c4ccccc4)cc3)c2c1)N(C)Cc1cccnc1. The molecule has 5 heteroatoms. The third-order valence-electron chi connectivity index (χ3n) is 7.10. The van der Waals surface area contributed by atoms with Gasteiger partial charge in [-0.05, 0) is 58.1 Å². The minimum absolute atomic E-state index is 0.132. The molecule has 0 aliphatic carbocycles. The van der Waals surface area contributed by atoms with Gasteiger partial charge in [0.2, 0.25) is 0 Å². The second kappa shape index (κ2) is 10.3. The molecule has 0 unspecified atom stereocenters. The lowest BCUT2D eigenvalue weighted by molar-refractivity contribution is 0.475. The molecule has 0 aliphatic heterocycles. The van der Waals surface area contributed by atoms with Gasteiger partial charge in [-0.15, -0.1) is 0 Å². The maximum absolute atomic E-state index is 12.9. The maximum Gasteiger partial charge on any atom is 0.257 e. The highest BCUT2D eigenvalue weighted by Gasteiger charge is 2.19. The first-order valence-corrected chi connectivity index (χ1v) is 12.9. The van der Waals surface area contributed by atoms with Crippen LogP contribution in [0.3, 0.4) is 0 Å². The van der Waals surface area contributed by atoms with Crippen molar-refractivity contribution in [2.24, 2.45) is 0 Å². The fourth-order valence-corrected chi connectivity index (χ4v) is 5.03. The van der Waals surface area contributed by atoms with E-state index in [0.717, 1.165) is 55.7 Å². The zero-order chi connectivity index (χ0) is 26.8. The van der Waals surface area contributed by atoms with Crippen LogP contribution in [0.2, 0.25) is 0 Å². The molecule has 6 rings (SSSR count). The Morgan fingerprint density at radius 3 is 2.38 bits per heavy atom. The summed E-state index contributed by atoms with van der Waals surface area (Å²) in [7, 11) is 2.04. The number of benzene rings is 3. The Hall–Kier alpha value is -5.16. The summed E-state index contributed by atoms with van der Waals surface area (Å²) in [6, 6.07) is 32.9. The predicted octanol–water partition coefficient (Wildman–Crippen LogP) is 7.35. The summed E-state index contributed by atoms with van der Waals surface area (Å²) in [4.78, 5) is 25.6. The van der Waals surface area contributed by atoms with Gasteiger partial charge in [0.15, 0.2) is 0 Å². The van der Waals surface area contributed by atoms with E-state index in [1.54, 1.807) is 12.4 Å². The Kier molecular flexibility index (Phi) is 6.39. The van der Waals surface area contributed by atoms with Crippen LogP contribution in [0, 0.1) is 0 Å². The molecule has 0 saturated carbocycles. The molecule has 39 heavy (non-hydrogen) atoms. The van der Waals surface area contributed by atoms with Crippen molar-refractivity contribution in [2.45, 2.75) is 6.54 Å². The summed E-state index contributed by atoms with van der Waals surface area (Å²) in [6.45, 7) is 5.10. The van der Waals surface area contributed by atoms with Crippen molar-refractivity contribution >= 4 is 16.6 Å². The monoisotopic (exact) mass is 508 g/mol. The molecule has 3 aromatic heterocycles. The molecule has 0 bridgehead atoms. The summed E-state index contributed by atoms with van der Waals surface area (Å²) in [5.41, 5.74) is 9.60. The fraction of sp³-hybridized carbons (Fsp3) is 0.0588. The fourth-order valence-electron chi connectivity index (χ4n) is 5.03. The Labute approximate surface area is 227 Å². The molecular formula is C34H28N4O. The molecule has 3 heterocycles. The number of H-pyrrole nitrogens is 2. The van der Waals surface area contributed by atoms with Gasteiger partial charge in [0, 0.05) is 54.3 Å². The van der Waals surface area contributed by atoms with Crippen LogP contribution in [0.1, 0.15) is 11.1 Å². The number of pyridine rings is 2. The van der Waals surface area contributed by atoms with Gasteiger partial charge in [-0.1, -0.05) is 73.3 Å². The smallest absolute Gasteiger partial charge is 0.257 e. The molecule has 5 nitrogen and oxygen atoms in total. The van der Waals surface area contributed by atoms with E-state index in [4.69, 9.17) is 0 Å². The third kappa shape index (κ3) is 4.78. The second-order valence-electron chi connectivity index (χ2n) is 9.66. The molecule has 0 atom stereocenters. The van der Waals surface area contributed by atoms with E-state index >= 15 is 0 Å². The quantitative estimate of drug-likeness (QED) is 0.237. The Morgan fingerprint density at radius 1 is 0.872 bits per heavy atom. The van der Waals surface area contributed by atoms with E-state index in [-0.39, 0.29) is 5.56 Å². The Balaban J connectivity index is 1.46. The highest BCUT2D eigenvalue weighted by Crippen LogP contribution is 2.39. The van der Waals surface area contributed by atoms with E-state index in [0.29, 0.717) is 12.1 Å². The van der Waals surface area contributed by atoms with Gasteiger partial charge in [0.1, 0.15) is 0 Å². The predicted molar refractivity (Wildman–Crippen MR) is 160 cm³/mol. The van der Waals surface area contributed by atoms with Gasteiger partial charge in [-0.2, -0.15) is 0 Å². The molecule has 190 valence electrons. The van der Waals surface area contributed by atoms with Crippen LogP contribution in [0.25, 0.3) is 50.1 Å². The van der Waals surface area contributed by atoms with Crippen LogP contribution < -0.4 is 5.56 Å². The van der Waals surface area contributed by atoms with Gasteiger partial charge in [-0.25, -0.2) is 0 Å². The molecule has 0 aliphatic rings. The summed E-state index contributed by atoms with van der Waals surface area (Å²) in [5, 5.41) is 1.04. The van der Waals surface area contributed by atoms with Gasteiger partial charge >= 0.3 is 0 Å². The topological polar surface area (TPSA) is 64.8 Å². The van der Waals surface area contributed by atoms with Gasteiger partial charge in [-0.3, -0.25) is 9.78 Å². The largest absolute Gasteiger partial charge is 0.370 e. The number of nitrogens with one attached hydrogen (secondary N) is 2. The van der Waals surface area contributed by atoms with E-state index in [1.807, 2.05) is 49.6 Å². The van der Waals surface area contributed by atoms with Crippen molar-refractivity contribution in [1.82, 2.24) is 19.9 Å². The Bertz CT molecular complexity index is 1820. The van der Waals surface area contributed by atoms with Crippen molar-refractivity contribution < 1.29 is 0 Å². The average molecular weight is 509 g/mol. The zero-order valence-electron chi connectivity index (χ0n) is 21.7. The maximum atomic E-state index is 12.9. The number of hydrogen-bond donors (Lipinski definition) is 2. The van der Waals surface area contributed by atoms with Crippen LogP contribution in [0.15, 0.2) is 127 Å². The molecule has 0 fully saturated rings. The normalized spacial score (nSPS) is 11.0. The summed E-state index contributed by atoms with van der Waals surface area (Å²) in [6.07, 6.45) is 5.31. The molecule has 3 aromatic carbocycles. The molecule has 6 aromatic rings. The first-order chi connectivity index (χ1) is 19.1. The number of nitrogens with zero attached hydrogens (tertiary/aromatic N) is 2. The zero-order valence-corrected chi connectivity index (χ0v) is 21.7. The van der Waals surface area contributed by atoms with E-state index in [1.165, 1.54) is 0 Å². The van der Waals surface area contributed by atoms with Crippen LogP contribution in [0.4, 0.5) is 0 Å². The van der Waals surface area contributed by atoms with Crippen LogP contribution in [-0.2, 0) is 6.54 Å². The Morgan fingerprint density at radius 2 is 1.64 bits per heavy atom. The minimum Gasteiger partial charge on any atom is -0.370 e. The van der Waals surface area contributed by atoms with Crippen LogP contribution >= 0.6 is 0 Å². The first-order valence-electron chi connectivity index (χ1n) is 12.9. The highest BCUT2D eigenvalue weighted by atomic mass is 16.1. The van der Waals surface area contributed by atoms with E-state index in [9.17, 15) is 4.79 Å². The van der Waals surface area contributed by atoms with Crippen LogP contribution in [0.5, 0.6) is 0 Å². The van der Waals surface area contributed by atoms with Crippen LogP contribution in [-0.4, -0.2) is 26.9 Å². The molecule has 0 radical (unpaired) electrons. The number of aromatic nitrogens is 3. The van der Waals surface area contributed by atoms with E-state index < -0.39 is 0 Å². The third-order valence-corrected chi connectivity index (χ3v) is 7.10. The summed E-state index contributed by atoms with van der Waals surface area (Å²) < 4.78 is 0. The van der Waals surface area contributed by atoms with Gasteiger partial charge in [0.25, 0.3) is 5.56 Å². The summed E-state index contributed by atoms with van der Waals surface area (Å²) >= 11 is 0. The second-order valence-corrected chi connectivity index (χ2v) is 9.66. The minimum atomic E-state index is -0.132. The lowest BCUT2D eigenvalue weighted by Crippen LogP contribution is -2.15. The van der Waals surface area contributed by atoms with Crippen molar-refractivity contribution in [3.8, 4) is 33.5 Å². The first kappa shape index (κ1) is 24.2. The number of hydrogen-bond acceptors (Lipinski definition) is 3. The molecule has 0 amide bonds. The number of rotatable bonds is 7. The number of fused-ring (bicyclic) bond motifs is 1. The van der Waals surface area contributed by atoms with Crippen molar-refractivity contribution in [1.29, 1.82) is 0 Å². The lowest BCUT2D eigenvalue weighted by atomic mass is 9.95. The van der Waals surface area contributed by atoms with Gasteiger partial charge < -0.3 is 14.9 Å². The standard InChI is InChI=1S/C34H28N4O/c1-23(38(2)22-24-8-6-18-35-21-24)28-16-17-31-30(20-28)32(33(37-31)29-11-7-19-36-34(29)39)27-14-12-26(13-15-27)25-9-4-3-5-10-25/h3-21,37H,1,22H2,2H3,(H,36,39).